The van der Waals surface area contributed by atoms with Crippen LogP contribution in [0.15, 0.2) is 12.4 Å². The first-order chi connectivity index (χ1) is 9.22. The summed E-state index contributed by atoms with van der Waals surface area (Å²) in [6.45, 7) is 2.44. The van der Waals surface area contributed by atoms with Crippen LogP contribution in [0, 0.1) is 11.8 Å². The molecular weight excluding hydrogens is 242 g/mol. The van der Waals surface area contributed by atoms with Crippen molar-refractivity contribution < 1.29 is 4.79 Å². The molecule has 1 saturated carbocycles. The minimum atomic E-state index is 0.235. The number of fused-ring (bicyclic) bond motifs is 1. The highest BCUT2D eigenvalue weighted by molar-refractivity contribution is 5.76. The van der Waals surface area contributed by atoms with Gasteiger partial charge in [-0.15, -0.1) is 5.10 Å². The Morgan fingerprint density at radius 2 is 2.16 bits per heavy atom. The van der Waals surface area contributed by atoms with Crippen LogP contribution in [0.2, 0.25) is 0 Å². The van der Waals surface area contributed by atoms with Crippen molar-refractivity contribution in [2.24, 2.45) is 17.6 Å². The normalized spacial score (nSPS) is 30.4. The monoisotopic (exact) mass is 263 g/mol. The molecule has 2 fully saturated rings. The van der Waals surface area contributed by atoms with Crippen molar-refractivity contribution in [1.29, 1.82) is 0 Å². The van der Waals surface area contributed by atoms with Crippen LogP contribution < -0.4 is 5.73 Å². The second kappa shape index (κ2) is 5.28. The first-order valence-corrected chi connectivity index (χ1v) is 7.10. The maximum absolute atomic E-state index is 12.2. The minimum Gasteiger partial charge on any atom is -0.342 e. The molecule has 1 aliphatic carbocycles. The van der Waals surface area contributed by atoms with Crippen molar-refractivity contribution in [2.75, 3.05) is 13.1 Å². The molecule has 0 radical (unpaired) electrons. The summed E-state index contributed by atoms with van der Waals surface area (Å²) in [5.41, 5.74) is 6.01. The standard InChI is InChI=1S/C13H21N5O/c14-12-2-1-10-8-17(9-11(10)7-12)13(19)3-5-18-6-4-15-16-18/h4,6,10-12H,1-3,5,7-9,14H2/t10-,11+,12?/m1/s1. The number of amides is 1. The van der Waals surface area contributed by atoms with Crippen molar-refractivity contribution in [2.45, 2.75) is 38.3 Å². The van der Waals surface area contributed by atoms with Crippen LogP contribution in [0.1, 0.15) is 25.7 Å². The van der Waals surface area contributed by atoms with E-state index < -0.39 is 0 Å². The molecule has 6 heteroatoms. The molecule has 3 rings (SSSR count). The summed E-state index contributed by atoms with van der Waals surface area (Å²) in [6, 6.07) is 0.339. The summed E-state index contributed by atoms with van der Waals surface area (Å²) in [6.07, 6.45) is 7.31. The third-order valence-electron chi connectivity index (χ3n) is 4.47. The lowest BCUT2D eigenvalue weighted by atomic mass is 9.79. The van der Waals surface area contributed by atoms with E-state index in [1.807, 2.05) is 4.90 Å². The molecule has 2 aliphatic rings. The molecule has 6 nitrogen and oxygen atoms in total. The van der Waals surface area contributed by atoms with Gasteiger partial charge in [-0.25, -0.2) is 0 Å². The number of hydrogen-bond acceptors (Lipinski definition) is 4. The summed E-state index contributed by atoms with van der Waals surface area (Å²) >= 11 is 0. The molecule has 1 amide bonds. The third kappa shape index (κ3) is 2.78. The van der Waals surface area contributed by atoms with E-state index in [9.17, 15) is 4.79 Å². The first-order valence-electron chi connectivity index (χ1n) is 7.10. The van der Waals surface area contributed by atoms with Crippen LogP contribution in [0.3, 0.4) is 0 Å². The van der Waals surface area contributed by atoms with Crippen LogP contribution in [-0.4, -0.2) is 44.9 Å². The zero-order valence-electron chi connectivity index (χ0n) is 11.1. The Bertz CT molecular complexity index is 432. The number of likely N-dealkylation sites (tertiary alicyclic amines) is 1. The average Bonchev–Trinajstić information content (AvgIpc) is 3.04. The predicted molar refractivity (Wildman–Crippen MR) is 70.0 cm³/mol. The molecule has 104 valence electrons. The van der Waals surface area contributed by atoms with Gasteiger partial charge in [-0.3, -0.25) is 9.48 Å². The molecule has 1 saturated heterocycles. The summed E-state index contributed by atoms with van der Waals surface area (Å²) in [7, 11) is 0. The lowest BCUT2D eigenvalue weighted by molar-refractivity contribution is -0.130. The van der Waals surface area contributed by atoms with Gasteiger partial charge in [0.25, 0.3) is 0 Å². The number of carbonyl (C=O) groups excluding carboxylic acids is 1. The van der Waals surface area contributed by atoms with Gasteiger partial charge in [-0.05, 0) is 31.1 Å². The maximum Gasteiger partial charge on any atom is 0.224 e. The fraction of sp³-hybridized carbons (Fsp3) is 0.769. The second-order valence-electron chi connectivity index (χ2n) is 5.81. The van der Waals surface area contributed by atoms with E-state index in [1.54, 1.807) is 17.1 Å². The van der Waals surface area contributed by atoms with E-state index in [0.717, 1.165) is 25.9 Å². The molecular formula is C13H21N5O. The van der Waals surface area contributed by atoms with E-state index >= 15 is 0 Å². The second-order valence-corrected chi connectivity index (χ2v) is 5.81. The zero-order chi connectivity index (χ0) is 13.2. The lowest BCUT2D eigenvalue weighted by Crippen LogP contribution is -2.32. The SMILES string of the molecule is NC1CC[C@@H]2CN(C(=O)CCn3ccnn3)C[C@@H]2C1. The highest BCUT2D eigenvalue weighted by Crippen LogP contribution is 2.35. The Labute approximate surface area is 112 Å². The van der Waals surface area contributed by atoms with Gasteiger partial charge in [0.2, 0.25) is 5.91 Å². The molecule has 1 aromatic rings. The smallest absolute Gasteiger partial charge is 0.224 e. The van der Waals surface area contributed by atoms with Crippen LogP contribution in [0.5, 0.6) is 0 Å². The molecule has 0 aromatic carbocycles. The quantitative estimate of drug-likeness (QED) is 0.848. The number of aromatic nitrogens is 3. The summed E-state index contributed by atoms with van der Waals surface area (Å²) in [5, 5.41) is 7.62. The third-order valence-corrected chi connectivity index (χ3v) is 4.47. The van der Waals surface area contributed by atoms with Crippen LogP contribution in [0.25, 0.3) is 0 Å². The van der Waals surface area contributed by atoms with Crippen molar-refractivity contribution in [3.63, 3.8) is 0 Å². The van der Waals surface area contributed by atoms with E-state index in [0.29, 0.717) is 30.8 Å². The largest absolute Gasteiger partial charge is 0.342 e. The van der Waals surface area contributed by atoms with Gasteiger partial charge in [-0.2, -0.15) is 0 Å². The van der Waals surface area contributed by atoms with Gasteiger partial charge in [-0.1, -0.05) is 5.21 Å². The number of hydrogen-bond donors (Lipinski definition) is 1. The Morgan fingerprint density at radius 1 is 1.32 bits per heavy atom. The van der Waals surface area contributed by atoms with Gasteiger partial charge in [0.05, 0.1) is 12.7 Å². The first kappa shape index (κ1) is 12.6. The summed E-state index contributed by atoms with van der Waals surface area (Å²) in [4.78, 5) is 14.2. The van der Waals surface area contributed by atoms with Crippen LogP contribution in [-0.2, 0) is 11.3 Å². The number of rotatable bonds is 3. The Morgan fingerprint density at radius 3 is 2.95 bits per heavy atom. The fourth-order valence-corrected chi connectivity index (χ4v) is 3.39. The summed E-state index contributed by atoms with van der Waals surface area (Å²) in [5.74, 6) is 1.53. The molecule has 19 heavy (non-hydrogen) atoms. The molecule has 0 bridgehead atoms. The topological polar surface area (TPSA) is 77.0 Å². The lowest BCUT2D eigenvalue weighted by Gasteiger charge is -2.27. The minimum absolute atomic E-state index is 0.235. The predicted octanol–water partition coefficient (Wildman–Crippen LogP) is 0.254. The molecule has 2 N–H and O–H groups in total. The molecule has 0 spiro atoms. The number of aryl methyl sites for hydroxylation is 1. The Balaban J connectivity index is 1.51. The van der Waals surface area contributed by atoms with Crippen molar-refractivity contribution in [3.8, 4) is 0 Å². The Hall–Kier alpha value is -1.43. The van der Waals surface area contributed by atoms with E-state index in [2.05, 4.69) is 10.3 Å². The van der Waals surface area contributed by atoms with Crippen LogP contribution in [0.4, 0.5) is 0 Å². The van der Waals surface area contributed by atoms with Crippen molar-refractivity contribution >= 4 is 5.91 Å². The highest BCUT2D eigenvalue weighted by atomic mass is 16.2. The summed E-state index contributed by atoms with van der Waals surface area (Å²) < 4.78 is 1.71. The van der Waals surface area contributed by atoms with Crippen molar-refractivity contribution in [3.05, 3.63) is 12.4 Å². The maximum atomic E-state index is 12.2. The van der Waals surface area contributed by atoms with E-state index in [4.69, 9.17) is 5.73 Å². The fourth-order valence-electron chi connectivity index (χ4n) is 3.39. The van der Waals surface area contributed by atoms with Crippen molar-refractivity contribution in [1.82, 2.24) is 19.9 Å². The zero-order valence-corrected chi connectivity index (χ0v) is 11.1. The van der Waals surface area contributed by atoms with Crippen LogP contribution >= 0.6 is 0 Å². The average molecular weight is 263 g/mol. The molecule has 1 unspecified atom stereocenters. The van der Waals surface area contributed by atoms with Gasteiger partial charge in [0.15, 0.2) is 0 Å². The highest BCUT2D eigenvalue weighted by Gasteiger charge is 2.38. The molecule has 1 aliphatic heterocycles. The van der Waals surface area contributed by atoms with Gasteiger partial charge < -0.3 is 10.6 Å². The number of carbonyl (C=O) groups is 1. The Kier molecular flexibility index (Phi) is 3.50. The van der Waals surface area contributed by atoms with E-state index in [1.165, 1.54) is 6.42 Å². The molecule has 2 heterocycles. The number of nitrogens with two attached hydrogens (primary N) is 1. The van der Waals surface area contributed by atoms with Gasteiger partial charge in [0, 0.05) is 31.7 Å². The molecule has 1 aromatic heterocycles. The van der Waals surface area contributed by atoms with E-state index in [-0.39, 0.29) is 5.91 Å². The van der Waals surface area contributed by atoms with Gasteiger partial charge in [0.1, 0.15) is 0 Å². The van der Waals surface area contributed by atoms with Gasteiger partial charge >= 0.3 is 0 Å². The number of nitrogens with zero attached hydrogens (tertiary/aromatic N) is 4. The molecule has 3 atom stereocenters.